The number of fused-ring (bicyclic) bond motifs is 7. The molecular formula is C30H50O2. The van der Waals surface area contributed by atoms with E-state index in [4.69, 9.17) is 0 Å². The Balaban J connectivity index is 1.57. The molecule has 5 aliphatic carbocycles. The van der Waals surface area contributed by atoms with Crippen molar-refractivity contribution < 1.29 is 10.2 Å². The van der Waals surface area contributed by atoms with Gasteiger partial charge in [-0.05, 0) is 110 Å². The molecule has 182 valence electrons. The van der Waals surface area contributed by atoms with Crippen LogP contribution in [0, 0.1) is 56.7 Å². The second-order valence-electron chi connectivity index (χ2n) is 14.8. The Morgan fingerprint density at radius 3 is 2.09 bits per heavy atom. The Morgan fingerprint density at radius 1 is 0.750 bits per heavy atom. The minimum Gasteiger partial charge on any atom is -0.392 e. The van der Waals surface area contributed by atoms with Gasteiger partial charge in [-0.1, -0.05) is 53.7 Å². The van der Waals surface area contributed by atoms with Gasteiger partial charge < -0.3 is 10.2 Å². The van der Waals surface area contributed by atoms with Crippen LogP contribution in [0.2, 0.25) is 0 Å². The minimum absolute atomic E-state index is 0.0894. The maximum atomic E-state index is 11.5. The van der Waals surface area contributed by atoms with Crippen LogP contribution in [0.5, 0.6) is 0 Å². The summed E-state index contributed by atoms with van der Waals surface area (Å²) in [6.45, 7) is 21.6. The highest BCUT2D eigenvalue weighted by atomic mass is 16.3. The Bertz CT molecular complexity index is 801. The van der Waals surface area contributed by atoms with Crippen LogP contribution in [-0.2, 0) is 0 Å². The van der Waals surface area contributed by atoms with Gasteiger partial charge in [0, 0.05) is 11.8 Å². The fraction of sp³-hybridized carbons (Fsp3) is 0.933. The first kappa shape index (κ1) is 23.4. The fourth-order valence-electron chi connectivity index (χ4n) is 11.4. The molecule has 0 aromatic carbocycles. The van der Waals surface area contributed by atoms with Gasteiger partial charge in [0.05, 0.1) is 12.2 Å². The fourth-order valence-corrected chi connectivity index (χ4v) is 11.4. The van der Waals surface area contributed by atoms with Gasteiger partial charge in [-0.3, -0.25) is 0 Å². The predicted molar refractivity (Wildman–Crippen MR) is 132 cm³/mol. The number of allylic oxidation sites excluding steroid dienone is 1. The zero-order valence-electron chi connectivity index (χ0n) is 22.0. The molecule has 0 aliphatic heterocycles. The lowest BCUT2D eigenvalue weighted by molar-refractivity contribution is -0.273. The van der Waals surface area contributed by atoms with Gasteiger partial charge in [0.2, 0.25) is 0 Å². The van der Waals surface area contributed by atoms with Crippen LogP contribution in [0.15, 0.2) is 12.2 Å². The quantitative estimate of drug-likeness (QED) is 0.429. The summed E-state index contributed by atoms with van der Waals surface area (Å²) in [6.07, 6.45) is 10.2. The maximum absolute atomic E-state index is 11.5. The van der Waals surface area contributed by atoms with E-state index in [2.05, 4.69) is 55.0 Å². The SMILES string of the molecule is C=C(C)[C@@H]1CC[C@]2(C)CC[C@]3(C)[C@H](CCC4[C@]5(C)C(CC[C@]43C)C(C)(C)[C@@H](O)C[C@H]5O)C12. The van der Waals surface area contributed by atoms with Crippen molar-refractivity contribution in [1.82, 2.24) is 0 Å². The molecule has 0 saturated heterocycles. The summed E-state index contributed by atoms with van der Waals surface area (Å²) in [7, 11) is 0. The standard InChI is InChI=1S/C30H50O2/c1-18(2)19-11-13-27(5)15-16-28(6)20(25(19)27)9-10-22-29(28,7)14-12-21-26(3,4)23(31)17-24(32)30(21,22)8/h19-25,31-32H,1,9-17H2,2-8H3/t19-,20+,21?,22?,23-,24+,25?,27+,28+,29+,30-/m0/s1. The topological polar surface area (TPSA) is 40.5 Å². The molecule has 0 heterocycles. The molecule has 2 N–H and O–H groups in total. The maximum Gasteiger partial charge on any atom is 0.0624 e. The van der Waals surface area contributed by atoms with E-state index in [0.29, 0.717) is 35.0 Å². The summed E-state index contributed by atoms with van der Waals surface area (Å²) in [4.78, 5) is 0. The monoisotopic (exact) mass is 442 g/mol. The highest BCUT2D eigenvalue weighted by Crippen LogP contribution is 2.77. The minimum atomic E-state index is -0.392. The zero-order valence-corrected chi connectivity index (χ0v) is 22.0. The summed E-state index contributed by atoms with van der Waals surface area (Å²) in [6, 6.07) is 0. The molecule has 5 aliphatic rings. The Morgan fingerprint density at radius 2 is 1.44 bits per heavy atom. The molecule has 0 bridgehead atoms. The van der Waals surface area contributed by atoms with E-state index in [0.717, 1.165) is 18.3 Å². The van der Waals surface area contributed by atoms with E-state index in [1.165, 1.54) is 50.5 Å². The van der Waals surface area contributed by atoms with Gasteiger partial charge in [0.1, 0.15) is 0 Å². The molecule has 2 nitrogen and oxygen atoms in total. The molecule has 5 rings (SSSR count). The summed E-state index contributed by atoms with van der Waals surface area (Å²) in [5.41, 5.74) is 2.32. The third-order valence-electron chi connectivity index (χ3n) is 13.6. The van der Waals surface area contributed by atoms with Crippen molar-refractivity contribution in [1.29, 1.82) is 0 Å². The summed E-state index contributed by atoms with van der Waals surface area (Å²) >= 11 is 0. The first-order valence-electron chi connectivity index (χ1n) is 13.7. The van der Waals surface area contributed by atoms with Gasteiger partial charge >= 0.3 is 0 Å². The van der Waals surface area contributed by atoms with Crippen LogP contribution in [0.1, 0.15) is 106 Å². The lowest BCUT2D eigenvalue weighted by atomic mass is 9.32. The van der Waals surface area contributed by atoms with Crippen molar-refractivity contribution in [2.45, 2.75) is 118 Å². The molecule has 3 unspecified atom stereocenters. The van der Waals surface area contributed by atoms with Gasteiger partial charge in [-0.25, -0.2) is 0 Å². The summed E-state index contributed by atoms with van der Waals surface area (Å²) in [5, 5.41) is 22.4. The molecule has 0 aromatic rings. The lowest BCUT2D eigenvalue weighted by Gasteiger charge is -2.73. The van der Waals surface area contributed by atoms with Crippen molar-refractivity contribution in [3.8, 4) is 0 Å². The summed E-state index contributed by atoms with van der Waals surface area (Å²) < 4.78 is 0. The van der Waals surface area contributed by atoms with Crippen LogP contribution in [-0.4, -0.2) is 22.4 Å². The normalized spacial score (nSPS) is 58.8. The third kappa shape index (κ3) is 2.61. The number of aliphatic hydroxyl groups is 2. The van der Waals surface area contributed by atoms with Crippen LogP contribution >= 0.6 is 0 Å². The largest absolute Gasteiger partial charge is 0.392 e. The summed E-state index contributed by atoms with van der Waals surface area (Å²) in [5.74, 6) is 3.22. The molecule has 32 heavy (non-hydrogen) atoms. The Labute approximate surface area is 197 Å². The van der Waals surface area contributed by atoms with Crippen molar-refractivity contribution in [3.63, 3.8) is 0 Å². The number of hydrogen-bond donors (Lipinski definition) is 2. The van der Waals surface area contributed by atoms with Gasteiger partial charge in [-0.15, -0.1) is 0 Å². The van der Waals surface area contributed by atoms with E-state index >= 15 is 0 Å². The highest BCUT2D eigenvalue weighted by molar-refractivity contribution is 5.22. The van der Waals surface area contributed by atoms with Crippen LogP contribution in [0.25, 0.3) is 0 Å². The number of hydrogen-bond acceptors (Lipinski definition) is 2. The lowest BCUT2D eigenvalue weighted by Crippen LogP contribution is -2.69. The second-order valence-corrected chi connectivity index (χ2v) is 14.8. The molecule has 0 aromatic heterocycles. The molecule has 0 radical (unpaired) electrons. The first-order chi connectivity index (χ1) is 14.7. The Kier molecular flexibility index (Phi) is 5.02. The average molecular weight is 443 g/mol. The molecule has 0 spiro atoms. The van der Waals surface area contributed by atoms with Crippen molar-refractivity contribution in [3.05, 3.63) is 12.2 Å². The Hall–Kier alpha value is -0.340. The molecule has 11 atom stereocenters. The van der Waals surface area contributed by atoms with E-state index < -0.39 is 6.10 Å². The predicted octanol–water partition coefficient (Wildman–Crippen LogP) is 7.00. The molecular weight excluding hydrogens is 392 g/mol. The highest BCUT2D eigenvalue weighted by Gasteiger charge is 2.71. The van der Waals surface area contributed by atoms with Crippen LogP contribution in [0.4, 0.5) is 0 Å². The molecule has 0 amide bonds. The molecule has 5 saturated carbocycles. The van der Waals surface area contributed by atoms with E-state index in [1.807, 2.05) is 0 Å². The number of rotatable bonds is 1. The smallest absolute Gasteiger partial charge is 0.0624 e. The van der Waals surface area contributed by atoms with Crippen molar-refractivity contribution in [2.24, 2.45) is 56.7 Å². The average Bonchev–Trinajstić information content (AvgIpc) is 3.05. The van der Waals surface area contributed by atoms with Gasteiger partial charge in [0.25, 0.3) is 0 Å². The zero-order chi connectivity index (χ0) is 23.5. The number of aliphatic hydroxyl groups excluding tert-OH is 2. The van der Waals surface area contributed by atoms with Gasteiger partial charge in [0.15, 0.2) is 0 Å². The van der Waals surface area contributed by atoms with Crippen molar-refractivity contribution in [2.75, 3.05) is 0 Å². The first-order valence-corrected chi connectivity index (χ1v) is 13.7. The second kappa shape index (κ2) is 6.87. The van der Waals surface area contributed by atoms with Crippen LogP contribution in [0.3, 0.4) is 0 Å². The molecule has 5 fully saturated rings. The van der Waals surface area contributed by atoms with E-state index in [1.54, 1.807) is 0 Å². The van der Waals surface area contributed by atoms with Crippen LogP contribution < -0.4 is 0 Å². The third-order valence-corrected chi connectivity index (χ3v) is 13.6. The van der Waals surface area contributed by atoms with E-state index in [-0.39, 0.29) is 22.3 Å². The van der Waals surface area contributed by atoms with Crippen molar-refractivity contribution >= 4 is 0 Å². The molecule has 2 heteroatoms. The van der Waals surface area contributed by atoms with Gasteiger partial charge in [-0.2, -0.15) is 0 Å². The van der Waals surface area contributed by atoms with E-state index in [9.17, 15) is 10.2 Å².